The number of amides is 1. The van der Waals surface area contributed by atoms with E-state index in [1.54, 1.807) is 24.5 Å². The van der Waals surface area contributed by atoms with E-state index < -0.39 is 11.7 Å². The van der Waals surface area contributed by atoms with Crippen LogP contribution in [0.2, 0.25) is 10.0 Å². The van der Waals surface area contributed by atoms with E-state index in [-0.39, 0.29) is 11.4 Å². The highest BCUT2D eigenvalue weighted by atomic mass is 35.5. The number of nitrogens with zero attached hydrogens (tertiary/aromatic N) is 3. The molecule has 31 heavy (non-hydrogen) atoms. The number of nitrogens with one attached hydrogen (secondary N) is 1. The second-order valence-electron chi connectivity index (χ2n) is 6.44. The number of halogens is 3. The van der Waals surface area contributed by atoms with Crippen molar-refractivity contribution in [3.63, 3.8) is 0 Å². The van der Waals surface area contributed by atoms with E-state index in [1.807, 2.05) is 22.8 Å². The number of aromatic nitrogens is 3. The zero-order valence-electron chi connectivity index (χ0n) is 15.9. The van der Waals surface area contributed by atoms with Crippen molar-refractivity contribution in [1.29, 1.82) is 0 Å². The molecule has 0 aliphatic carbocycles. The summed E-state index contributed by atoms with van der Waals surface area (Å²) < 4.78 is 21.2. The van der Waals surface area contributed by atoms with Gasteiger partial charge >= 0.3 is 0 Å². The highest BCUT2D eigenvalue weighted by Crippen LogP contribution is 2.27. The molecule has 2 aromatic carbocycles. The number of thioether (sulfide) groups is 1. The number of rotatable bonds is 7. The van der Waals surface area contributed by atoms with Crippen LogP contribution in [0.15, 0.2) is 70.4 Å². The average molecular weight is 477 g/mol. The van der Waals surface area contributed by atoms with E-state index in [2.05, 4.69) is 15.5 Å². The second kappa shape index (κ2) is 9.55. The highest BCUT2D eigenvalue weighted by Gasteiger charge is 2.17. The summed E-state index contributed by atoms with van der Waals surface area (Å²) in [6.45, 7) is 0.380. The summed E-state index contributed by atoms with van der Waals surface area (Å²) >= 11 is 13.0. The molecular formula is C21H15Cl2FN4O2S. The lowest BCUT2D eigenvalue weighted by Gasteiger charge is -2.10. The molecule has 0 atom stereocenters. The minimum absolute atomic E-state index is 0.00284. The molecule has 0 saturated heterocycles. The summed E-state index contributed by atoms with van der Waals surface area (Å²) in [4.78, 5) is 12.4. The predicted molar refractivity (Wildman–Crippen MR) is 119 cm³/mol. The largest absolute Gasteiger partial charge is 0.467 e. The van der Waals surface area contributed by atoms with Gasteiger partial charge in [0.25, 0.3) is 0 Å². The molecule has 1 amide bonds. The monoisotopic (exact) mass is 476 g/mol. The van der Waals surface area contributed by atoms with E-state index in [1.165, 1.54) is 30.0 Å². The Morgan fingerprint density at radius 2 is 1.87 bits per heavy atom. The molecule has 2 heterocycles. The molecule has 0 radical (unpaired) electrons. The van der Waals surface area contributed by atoms with Crippen LogP contribution < -0.4 is 5.32 Å². The third kappa shape index (κ3) is 5.28. The van der Waals surface area contributed by atoms with Gasteiger partial charge in [0.1, 0.15) is 11.6 Å². The molecule has 0 spiro atoms. The molecule has 1 N–H and O–H groups in total. The van der Waals surface area contributed by atoms with Gasteiger partial charge in [-0.2, -0.15) is 0 Å². The lowest BCUT2D eigenvalue weighted by molar-refractivity contribution is -0.113. The van der Waals surface area contributed by atoms with Gasteiger partial charge in [-0.25, -0.2) is 4.39 Å². The van der Waals surface area contributed by atoms with Gasteiger partial charge in [-0.15, -0.1) is 10.2 Å². The smallest absolute Gasteiger partial charge is 0.234 e. The lowest BCUT2D eigenvalue weighted by atomic mass is 10.2. The van der Waals surface area contributed by atoms with Crippen LogP contribution in [0.3, 0.4) is 0 Å². The number of benzene rings is 2. The van der Waals surface area contributed by atoms with Crippen molar-refractivity contribution in [2.75, 3.05) is 11.1 Å². The quantitative estimate of drug-likeness (QED) is 0.343. The molecule has 10 heteroatoms. The topological polar surface area (TPSA) is 73.0 Å². The first-order valence-corrected chi connectivity index (χ1v) is 10.8. The van der Waals surface area contributed by atoms with Crippen LogP contribution >= 0.6 is 35.0 Å². The molecule has 4 rings (SSSR count). The maximum atomic E-state index is 13.9. The van der Waals surface area contributed by atoms with E-state index in [0.717, 1.165) is 5.56 Å². The first-order chi connectivity index (χ1) is 15.0. The van der Waals surface area contributed by atoms with E-state index in [0.29, 0.717) is 33.3 Å². The number of furan rings is 1. The van der Waals surface area contributed by atoms with E-state index in [9.17, 15) is 9.18 Å². The van der Waals surface area contributed by atoms with Crippen LogP contribution in [0.4, 0.5) is 10.1 Å². The van der Waals surface area contributed by atoms with Crippen molar-refractivity contribution < 1.29 is 13.6 Å². The molecule has 0 aliphatic heterocycles. The van der Waals surface area contributed by atoms with Gasteiger partial charge in [0, 0.05) is 15.6 Å². The van der Waals surface area contributed by atoms with Crippen LogP contribution in [0.25, 0.3) is 11.4 Å². The summed E-state index contributed by atoms with van der Waals surface area (Å²) in [6.07, 6.45) is 1.58. The summed E-state index contributed by atoms with van der Waals surface area (Å²) in [5, 5.41) is 12.5. The zero-order chi connectivity index (χ0) is 21.8. The summed E-state index contributed by atoms with van der Waals surface area (Å²) in [5.74, 6) is 0.364. The third-order valence-corrected chi connectivity index (χ3v) is 5.70. The number of carbonyl (C=O) groups excluding carboxylic acids is 1. The number of anilines is 1. The second-order valence-corrected chi connectivity index (χ2v) is 8.25. The van der Waals surface area contributed by atoms with Gasteiger partial charge in [-0.05, 0) is 54.6 Å². The fourth-order valence-electron chi connectivity index (χ4n) is 2.82. The lowest BCUT2D eigenvalue weighted by Crippen LogP contribution is -2.15. The fourth-order valence-corrected chi connectivity index (χ4v) is 3.85. The Morgan fingerprint density at radius 1 is 1.10 bits per heavy atom. The molecule has 2 aromatic heterocycles. The number of hydrogen-bond donors (Lipinski definition) is 1. The summed E-state index contributed by atoms with van der Waals surface area (Å²) in [7, 11) is 0. The van der Waals surface area contributed by atoms with Gasteiger partial charge in [0.05, 0.1) is 24.2 Å². The maximum absolute atomic E-state index is 13.9. The van der Waals surface area contributed by atoms with Crippen molar-refractivity contribution >= 4 is 46.6 Å². The predicted octanol–water partition coefficient (Wildman–Crippen LogP) is 5.76. The first-order valence-electron chi connectivity index (χ1n) is 9.09. The first kappa shape index (κ1) is 21.4. The Morgan fingerprint density at radius 3 is 2.61 bits per heavy atom. The molecule has 0 saturated carbocycles. The Bertz CT molecular complexity index is 1200. The SMILES string of the molecule is O=C(CSc1nnc(-c2ccc(Cl)cc2)n1Cc1ccco1)Nc1cc(Cl)ccc1F. The minimum Gasteiger partial charge on any atom is -0.467 e. The van der Waals surface area contributed by atoms with Gasteiger partial charge in [0.2, 0.25) is 5.91 Å². The third-order valence-electron chi connectivity index (χ3n) is 4.25. The molecule has 0 fully saturated rings. The highest BCUT2D eigenvalue weighted by molar-refractivity contribution is 7.99. The Labute approximate surface area is 191 Å². The summed E-state index contributed by atoms with van der Waals surface area (Å²) in [5.41, 5.74) is 0.845. The normalized spacial score (nSPS) is 10.9. The number of carbonyl (C=O) groups is 1. The van der Waals surface area contributed by atoms with Crippen molar-refractivity contribution in [3.8, 4) is 11.4 Å². The van der Waals surface area contributed by atoms with Crippen molar-refractivity contribution in [2.45, 2.75) is 11.7 Å². The van der Waals surface area contributed by atoms with Crippen molar-refractivity contribution in [2.24, 2.45) is 0 Å². The van der Waals surface area contributed by atoms with Gasteiger partial charge in [-0.1, -0.05) is 35.0 Å². The average Bonchev–Trinajstić information content (AvgIpc) is 3.40. The Hall–Kier alpha value is -2.81. The standard InChI is InChI=1S/C21H15Cl2FN4O2S/c22-14-5-3-13(4-6-14)20-26-27-21(28(20)11-16-2-1-9-30-16)31-12-19(29)25-18-10-15(23)7-8-17(18)24/h1-10H,11-12H2,(H,25,29). The minimum atomic E-state index is -0.561. The molecule has 0 unspecified atom stereocenters. The van der Waals surface area contributed by atoms with E-state index >= 15 is 0 Å². The molecule has 0 aliphatic rings. The van der Waals surface area contributed by atoms with E-state index in [4.69, 9.17) is 27.6 Å². The molecule has 158 valence electrons. The van der Waals surface area contributed by atoms with Crippen LogP contribution in [-0.2, 0) is 11.3 Å². The Balaban J connectivity index is 1.54. The number of hydrogen-bond acceptors (Lipinski definition) is 5. The molecule has 6 nitrogen and oxygen atoms in total. The molecule has 4 aromatic rings. The molecule has 0 bridgehead atoms. The van der Waals surface area contributed by atoms with Crippen LogP contribution in [0, 0.1) is 5.82 Å². The van der Waals surface area contributed by atoms with Gasteiger partial charge in [-0.3, -0.25) is 9.36 Å². The Kier molecular flexibility index (Phi) is 6.60. The van der Waals surface area contributed by atoms with Crippen LogP contribution in [0.5, 0.6) is 0 Å². The van der Waals surface area contributed by atoms with Crippen molar-refractivity contribution in [3.05, 3.63) is 82.5 Å². The fraction of sp³-hybridized carbons (Fsp3) is 0.0952. The van der Waals surface area contributed by atoms with Crippen molar-refractivity contribution in [1.82, 2.24) is 14.8 Å². The zero-order valence-corrected chi connectivity index (χ0v) is 18.2. The summed E-state index contributed by atoms with van der Waals surface area (Å²) in [6, 6.07) is 14.8. The van der Waals surface area contributed by atoms with Gasteiger partial charge < -0.3 is 9.73 Å². The van der Waals surface area contributed by atoms with Crippen LogP contribution in [-0.4, -0.2) is 26.4 Å². The maximum Gasteiger partial charge on any atom is 0.234 e. The van der Waals surface area contributed by atoms with Gasteiger partial charge in [0.15, 0.2) is 11.0 Å². The molecular weight excluding hydrogens is 462 g/mol. The van der Waals surface area contributed by atoms with Crippen LogP contribution in [0.1, 0.15) is 5.76 Å².